The summed E-state index contributed by atoms with van der Waals surface area (Å²) in [6.07, 6.45) is 3.10. The number of rotatable bonds is 4. The second-order valence-corrected chi connectivity index (χ2v) is 14.8. The molecule has 4 aromatic rings. The SMILES string of the molecule is CC1(O)CCCCN2c3nc(OC[C@@]45CCCN4C[C@H](F)C5)nc4c(F)c(-c5ccc(F)c6sc(N)c(C#N)c56)c(Cl)c(c34)OCC21. The van der Waals surface area contributed by atoms with Crippen LogP contribution in [0, 0.1) is 23.0 Å². The Morgan fingerprint density at radius 2 is 2.04 bits per heavy atom. The summed E-state index contributed by atoms with van der Waals surface area (Å²) in [4.78, 5) is 13.4. The van der Waals surface area contributed by atoms with Crippen molar-refractivity contribution in [3.63, 3.8) is 0 Å². The zero-order valence-corrected chi connectivity index (χ0v) is 27.2. The number of alkyl halides is 1. The maximum atomic E-state index is 17.2. The monoisotopic (exact) mass is 684 g/mol. The van der Waals surface area contributed by atoms with Gasteiger partial charge in [-0.15, -0.1) is 11.3 Å². The van der Waals surface area contributed by atoms with E-state index in [-0.39, 0.29) is 72.7 Å². The minimum atomic E-state index is -1.17. The molecule has 2 aromatic heterocycles. The van der Waals surface area contributed by atoms with Gasteiger partial charge in [0.25, 0.3) is 0 Å². The lowest BCUT2D eigenvalue weighted by Gasteiger charge is -2.38. The van der Waals surface area contributed by atoms with E-state index in [4.69, 9.17) is 31.8 Å². The van der Waals surface area contributed by atoms with Gasteiger partial charge in [-0.3, -0.25) is 4.90 Å². The molecule has 3 fully saturated rings. The number of nitriles is 1. The van der Waals surface area contributed by atoms with Crippen LogP contribution in [0.4, 0.5) is 24.0 Å². The molecule has 3 N–H and O–H groups in total. The van der Waals surface area contributed by atoms with E-state index in [1.807, 2.05) is 11.0 Å². The van der Waals surface area contributed by atoms with Crippen molar-refractivity contribution in [2.24, 2.45) is 0 Å². The van der Waals surface area contributed by atoms with E-state index < -0.39 is 35.0 Å². The number of hydrogen-bond donors (Lipinski definition) is 2. The molecule has 0 amide bonds. The van der Waals surface area contributed by atoms with E-state index in [1.54, 1.807) is 6.92 Å². The number of nitrogens with zero attached hydrogens (tertiary/aromatic N) is 5. The number of nitrogen functional groups attached to an aromatic ring is 1. The maximum absolute atomic E-state index is 17.2. The van der Waals surface area contributed by atoms with Gasteiger partial charge in [-0.25, -0.2) is 13.2 Å². The van der Waals surface area contributed by atoms with Gasteiger partial charge in [0, 0.05) is 30.5 Å². The number of fused-ring (bicyclic) bond motifs is 4. The Bertz CT molecular complexity index is 2000. The van der Waals surface area contributed by atoms with E-state index in [9.17, 15) is 19.1 Å². The third-order valence-electron chi connectivity index (χ3n) is 10.5. The van der Waals surface area contributed by atoms with Crippen LogP contribution in [0.2, 0.25) is 5.02 Å². The quantitative estimate of drug-likeness (QED) is 0.253. The molecule has 8 rings (SSSR count). The fourth-order valence-electron chi connectivity index (χ4n) is 8.14. The predicted molar refractivity (Wildman–Crippen MR) is 174 cm³/mol. The maximum Gasteiger partial charge on any atom is 0.319 e. The van der Waals surface area contributed by atoms with Gasteiger partial charge in [0.05, 0.1) is 37.9 Å². The zero-order valence-electron chi connectivity index (χ0n) is 25.6. The van der Waals surface area contributed by atoms with E-state index in [0.717, 1.165) is 43.6 Å². The fraction of sp³-hybridized carbons (Fsp3) is 0.485. The van der Waals surface area contributed by atoms with Crippen molar-refractivity contribution in [1.29, 1.82) is 5.26 Å². The summed E-state index contributed by atoms with van der Waals surface area (Å²) in [6.45, 7) is 3.53. The normalized spacial score (nSPS) is 27.3. The standard InChI is InChI=1S/C33H32ClF3N6O3S/c1-32(44)7-2-3-10-43-20(32)14-45-27-23-26(40-31(41-30(23)43)46-15-33-8-4-9-42(33)13-16(35)11-33)25(37)22(24(27)34)17-5-6-19(36)28-21(17)18(12-38)29(39)47-28/h5-6,16,20,44H,2-4,7-11,13-15,39H2,1H3/t16-,20?,32?,33+/m1/s1. The first kappa shape index (κ1) is 30.7. The molecule has 4 aliphatic heterocycles. The average Bonchev–Trinajstić information content (AvgIpc) is 3.60. The Hall–Kier alpha value is -3.57. The van der Waals surface area contributed by atoms with Crippen LogP contribution in [-0.2, 0) is 0 Å². The summed E-state index contributed by atoms with van der Waals surface area (Å²) in [5.41, 5.74) is 4.32. The van der Waals surface area contributed by atoms with Gasteiger partial charge in [-0.2, -0.15) is 15.2 Å². The highest BCUT2D eigenvalue weighted by Gasteiger charge is 2.50. The number of ether oxygens (including phenoxy) is 2. The Morgan fingerprint density at radius 1 is 1.21 bits per heavy atom. The average molecular weight is 685 g/mol. The number of benzene rings is 2. The first-order chi connectivity index (χ1) is 22.5. The molecule has 0 saturated carbocycles. The molecule has 246 valence electrons. The van der Waals surface area contributed by atoms with Crippen molar-refractivity contribution in [1.82, 2.24) is 14.9 Å². The predicted octanol–water partition coefficient (Wildman–Crippen LogP) is 6.35. The van der Waals surface area contributed by atoms with Crippen molar-refractivity contribution in [3.05, 3.63) is 34.4 Å². The molecule has 0 radical (unpaired) electrons. The number of thiophene rings is 1. The smallest absolute Gasteiger partial charge is 0.319 e. The summed E-state index contributed by atoms with van der Waals surface area (Å²) >= 11 is 7.93. The Kier molecular flexibility index (Phi) is 7.18. The summed E-state index contributed by atoms with van der Waals surface area (Å²) in [6, 6.07) is 3.91. The molecule has 4 aliphatic rings. The van der Waals surface area contributed by atoms with Crippen LogP contribution in [-0.4, -0.2) is 76.2 Å². The number of nitrogens with two attached hydrogens (primary N) is 1. The summed E-state index contributed by atoms with van der Waals surface area (Å²) in [5, 5.41) is 21.9. The Morgan fingerprint density at radius 3 is 2.85 bits per heavy atom. The summed E-state index contributed by atoms with van der Waals surface area (Å²) in [7, 11) is 0. The minimum absolute atomic E-state index is 0.0155. The number of aromatic nitrogens is 2. The fourth-order valence-corrected chi connectivity index (χ4v) is 9.43. The number of aliphatic hydroxyl groups is 1. The highest BCUT2D eigenvalue weighted by atomic mass is 35.5. The van der Waals surface area contributed by atoms with Gasteiger partial charge in [0.1, 0.15) is 47.6 Å². The third kappa shape index (κ3) is 4.63. The number of anilines is 2. The third-order valence-corrected chi connectivity index (χ3v) is 11.8. The van der Waals surface area contributed by atoms with Crippen molar-refractivity contribution in [3.8, 4) is 29.0 Å². The molecular formula is C33H32ClF3N6O3S. The van der Waals surface area contributed by atoms with Crippen molar-refractivity contribution in [2.45, 2.75) is 68.8 Å². The van der Waals surface area contributed by atoms with Crippen LogP contribution in [0.1, 0.15) is 51.0 Å². The molecule has 0 spiro atoms. The lowest BCUT2D eigenvalue weighted by atomic mass is 9.92. The molecule has 14 heteroatoms. The lowest BCUT2D eigenvalue weighted by Crippen LogP contribution is -2.53. The molecule has 0 aliphatic carbocycles. The Balaban J connectivity index is 1.36. The molecule has 2 unspecified atom stereocenters. The van der Waals surface area contributed by atoms with E-state index in [2.05, 4.69) is 9.88 Å². The second kappa shape index (κ2) is 11.0. The molecule has 47 heavy (non-hydrogen) atoms. The largest absolute Gasteiger partial charge is 0.489 e. The van der Waals surface area contributed by atoms with Gasteiger partial charge in [-0.1, -0.05) is 17.7 Å². The van der Waals surface area contributed by atoms with E-state index in [0.29, 0.717) is 31.7 Å². The van der Waals surface area contributed by atoms with E-state index in [1.165, 1.54) is 12.1 Å². The van der Waals surface area contributed by atoms with Crippen LogP contribution in [0.3, 0.4) is 0 Å². The Labute approximate surface area is 277 Å². The minimum Gasteiger partial charge on any atom is -0.489 e. The molecule has 0 bridgehead atoms. The van der Waals surface area contributed by atoms with Crippen molar-refractivity contribution < 1.29 is 27.8 Å². The zero-order chi connectivity index (χ0) is 32.8. The van der Waals surface area contributed by atoms with E-state index >= 15 is 4.39 Å². The van der Waals surface area contributed by atoms with Crippen molar-refractivity contribution >= 4 is 54.7 Å². The van der Waals surface area contributed by atoms with Gasteiger partial charge >= 0.3 is 6.01 Å². The molecule has 3 saturated heterocycles. The highest BCUT2D eigenvalue weighted by Crippen LogP contribution is 2.52. The molecule has 2 aromatic carbocycles. The number of hydrogen-bond acceptors (Lipinski definition) is 10. The first-order valence-electron chi connectivity index (χ1n) is 15.8. The summed E-state index contributed by atoms with van der Waals surface area (Å²) in [5.74, 6) is -1.02. The topological polar surface area (TPSA) is 121 Å². The van der Waals surface area contributed by atoms with Crippen LogP contribution < -0.4 is 20.1 Å². The number of halogens is 4. The highest BCUT2D eigenvalue weighted by molar-refractivity contribution is 7.23. The van der Waals surface area contributed by atoms with Gasteiger partial charge in [0.15, 0.2) is 11.6 Å². The van der Waals surface area contributed by atoms with Gasteiger partial charge in [0.2, 0.25) is 0 Å². The second-order valence-electron chi connectivity index (χ2n) is 13.3. The van der Waals surface area contributed by atoms with Crippen LogP contribution in [0.5, 0.6) is 11.8 Å². The summed E-state index contributed by atoms with van der Waals surface area (Å²) < 4.78 is 59.4. The first-order valence-corrected chi connectivity index (χ1v) is 17.0. The lowest BCUT2D eigenvalue weighted by molar-refractivity contribution is 0.0114. The van der Waals surface area contributed by atoms with Crippen LogP contribution in [0.15, 0.2) is 12.1 Å². The van der Waals surface area contributed by atoms with Gasteiger partial charge < -0.3 is 25.2 Å². The molecule has 9 nitrogen and oxygen atoms in total. The molecule has 4 atom stereocenters. The van der Waals surface area contributed by atoms with Crippen LogP contribution in [0.25, 0.3) is 32.1 Å². The molecule has 6 heterocycles. The molecular weight excluding hydrogens is 653 g/mol. The van der Waals surface area contributed by atoms with Crippen LogP contribution >= 0.6 is 22.9 Å². The van der Waals surface area contributed by atoms with Gasteiger partial charge in [-0.05, 0) is 57.2 Å². The van der Waals surface area contributed by atoms with Crippen molar-refractivity contribution in [2.75, 3.05) is 43.5 Å².